The van der Waals surface area contributed by atoms with Crippen LogP contribution in [0.5, 0.6) is 0 Å². The van der Waals surface area contributed by atoms with Crippen LogP contribution in [0.2, 0.25) is 0 Å². The molecule has 1 aliphatic rings. The summed E-state index contributed by atoms with van der Waals surface area (Å²) in [6, 6.07) is 11.0. The Kier molecular flexibility index (Phi) is 7.75. The number of nitro groups is 1. The number of anilines is 2. The number of hydrogen-bond acceptors (Lipinski definition) is 9. The molecule has 2 N–H and O–H groups in total. The minimum absolute atomic E-state index is 0.0502. The highest BCUT2D eigenvalue weighted by Gasteiger charge is 2.30. The predicted octanol–water partition coefficient (Wildman–Crippen LogP) is 1.49. The second-order valence-corrected chi connectivity index (χ2v) is 8.97. The highest BCUT2D eigenvalue weighted by Crippen LogP contribution is 2.29. The van der Waals surface area contributed by atoms with Crippen LogP contribution in [0.15, 0.2) is 52.5 Å². The van der Waals surface area contributed by atoms with Gasteiger partial charge in [0.05, 0.1) is 36.6 Å². The quantitative estimate of drug-likeness (QED) is 0.324. The molecule has 0 saturated carbocycles. The first-order valence-electron chi connectivity index (χ1n) is 9.90. The molecule has 0 spiro atoms. The summed E-state index contributed by atoms with van der Waals surface area (Å²) in [5.74, 6) is 0. The lowest BCUT2D eigenvalue weighted by Gasteiger charge is -2.26. The van der Waals surface area contributed by atoms with E-state index in [9.17, 15) is 18.5 Å². The van der Waals surface area contributed by atoms with Crippen molar-refractivity contribution in [1.82, 2.24) is 4.31 Å². The number of hydrazone groups is 1. The molecule has 3 rings (SSSR count). The fourth-order valence-electron chi connectivity index (χ4n) is 3.13. The van der Waals surface area contributed by atoms with Crippen molar-refractivity contribution in [2.75, 3.05) is 56.8 Å². The summed E-state index contributed by atoms with van der Waals surface area (Å²) in [5, 5.41) is 24.3. The molecule has 0 atom stereocenters. The standard InChI is InChI=1S/C20H25N5O6S/c1-23(8-11-26)17-4-2-16(3-5-17)15-21-22-19-7-6-18(25(27)28)14-20(19)32(29,30)24-9-12-31-13-10-24/h2-7,14-15,22,26H,8-13H2,1H3/b21-15+. The van der Waals surface area contributed by atoms with E-state index in [-0.39, 0.29) is 49.2 Å². The van der Waals surface area contributed by atoms with Crippen LogP contribution in [0.4, 0.5) is 17.1 Å². The van der Waals surface area contributed by atoms with Crippen molar-refractivity contribution in [3.63, 3.8) is 0 Å². The highest BCUT2D eigenvalue weighted by molar-refractivity contribution is 7.89. The molecule has 11 nitrogen and oxygen atoms in total. The lowest BCUT2D eigenvalue weighted by molar-refractivity contribution is -0.385. The Morgan fingerprint density at radius 2 is 1.94 bits per heavy atom. The van der Waals surface area contributed by atoms with Gasteiger partial charge in [0.1, 0.15) is 4.90 Å². The Bertz CT molecular complexity index is 1070. The van der Waals surface area contributed by atoms with E-state index in [2.05, 4.69) is 10.5 Å². The van der Waals surface area contributed by atoms with Crippen molar-refractivity contribution < 1.29 is 23.2 Å². The molecule has 0 aromatic heterocycles. The molecule has 172 valence electrons. The zero-order valence-electron chi connectivity index (χ0n) is 17.5. The van der Waals surface area contributed by atoms with E-state index in [1.54, 1.807) is 0 Å². The molecule has 1 saturated heterocycles. The number of rotatable bonds is 9. The van der Waals surface area contributed by atoms with Crippen LogP contribution >= 0.6 is 0 Å². The fraction of sp³-hybridized carbons (Fsp3) is 0.350. The van der Waals surface area contributed by atoms with E-state index in [0.29, 0.717) is 6.54 Å². The third-order valence-corrected chi connectivity index (χ3v) is 6.87. The Morgan fingerprint density at radius 3 is 2.56 bits per heavy atom. The first-order chi connectivity index (χ1) is 15.3. The molecule has 0 bridgehead atoms. The van der Waals surface area contributed by atoms with Gasteiger partial charge >= 0.3 is 0 Å². The van der Waals surface area contributed by atoms with Crippen LogP contribution in [0, 0.1) is 10.1 Å². The van der Waals surface area contributed by atoms with E-state index in [0.717, 1.165) is 17.3 Å². The van der Waals surface area contributed by atoms with Crippen molar-refractivity contribution in [2.24, 2.45) is 5.10 Å². The average molecular weight is 464 g/mol. The van der Waals surface area contributed by atoms with Crippen molar-refractivity contribution >= 4 is 33.3 Å². The monoisotopic (exact) mass is 463 g/mol. The molecule has 0 amide bonds. The van der Waals surface area contributed by atoms with E-state index in [1.165, 1.54) is 22.7 Å². The number of nitrogens with zero attached hydrogens (tertiary/aromatic N) is 4. The Labute approximate surface area is 186 Å². The number of morpholine rings is 1. The fourth-order valence-corrected chi connectivity index (χ4v) is 4.70. The summed E-state index contributed by atoms with van der Waals surface area (Å²) in [5.41, 5.74) is 4.20. The molecule has 32 heavy (non-hydrogen) atoms. The van der Waals surface area contributed by atoms with Gasteiger partial charge in [0, 0.05) is 44.5 Å². The second kappa shape index (κ2) is 10.5. The minimum atomic E-state index is -3.98. The molecule has 0 radical (unpaired) electrons. The number of non-ortho nitro benzene ring substituents is 1. The summed E-state index contributed by atoms with van der Waals surface area (Å²) < 4.78 is 32.7. The number of ether oxygens (including phenoxy) is 1. The molecule has 1 fully saturated rings. The summed E-state index contributed by atoms with van der Waals surface area (Å²) in [4.78, 5) is 12.2. The number of aliphatic hydroxyl groups excluding tert-OH is 1. The van der Waals surface area contributed by atoms with Crippen molar-refractivity contribution in [2.45, 2.75) is 4.90 Å². The minimum Gasteiger partial charge on any atom is -0.395 e. The Balaban J connectivity index is 1.82. The van der Waals surface area contributed by atoms with Gasteiger partial charge in [0.25, 0.3) is 5.69 Å². The zero-order valence-corrected chi connectivity index (χ0v) is 18.4. The van der Waals surface area contributed by atoms with Crippen LogP contribution in [-0.4, -0.2) is 75.5 Å². The van der Waals surface area contributed by atoms with Crippen molar-refractivity contribution in [1.29, 1.82) is 0 Å². The number of benzene rings is 2. The molecule has 12 heteroatoms. The van der Waals surface area contributed by atoms with Gasteiger partial charge in [-0.1, -0.05) is 12.1 Å². The molecule has 0 aliphatic carbocycles. The van der Waals surface area contributed by atoms with Gasteiger partial charge in [-0.3, -0.25) is 15.5 Å². The van der Waals surface area contributed by atoms with Crippen LogP contribution in [-0.2, 0) is 14.8 Å². The largest absolute Gasteiger partial charge is 0.395 e. The lowest BCUT2D eigenvalue weighted by atomic mass is 10.2. The van der Waals surface area contributed by atoms with Gasteiger partial charge in [-0.05, 0) is 23.8 Å². The average Bonchev–Trinajstić information content (AvgIpc) is 2.80. The maximum absolute atomic E-state index is 13.1. The van der Waals surface area contributed by atoms with Crippen molar-refractivity contribution in [3.8, 4) is 0 Å². The summed E-state index contributed by atoms with van der Waals surface area (Å²) in [7, 11) is -2.11. The SMILES string of the molecule is CN(CCO)c1ccc(/C=N/Nc2ccc([N+](=O)[O-])cc2S(=O)(=O)N2CCOCC2)cc1. The van der Waals surface area contributed by atoms with Crippen molar-refractivity contribution in [3.05, 3.63) is 58.1 Å². The molecule has 2 aromatic rings. The number of nitro benzene ring substituents is 1. The maximum Gasteiger partial charge on any atom is 0.270 e. The Morgan fingerprint density at radius 1 is 1.25 bits per heavy atom. The van der Waals surface area contributed by atoms with E-state index in [4.69, 9.17) is 9.84 Å². The lowest BCUT2D eigenvalue weighted by Crippen LogP contribution is -2.40. The van der Waals surface area contributed by atoms with E-state index < -0.39 is 14.9 Å². The first-order valence-corrected chi connectivity index (χ1v) is 11.3. The molecule has 1 heterocycles. The number of nitrogens with one attached hydrogen (secondary N) is 1. The number of sulfonamides is 1. The molecular formula is C20H25N5O6S. The van der Waals surface area contributed by atoms with Crippen LogP contribution in [0.3, 0.4) is 0 Å². The predicted molar refractivity (Wildman–Crippen MR) is 121 cm³/mol. The van der Waals surface area contributed by atoms with Gasteiger partial charge in [-0.2, -0.15) is 9.41 Å². The van der Waals surface area contributed by atoms with Gasteiger partial charge in [-0.15, -0.1) is 0 Å². The maximum atomic E-state index is 13.1. The van der Waals surface area contributed by atoms with Crippen LogP contribution in [0.1, 0.15) is 5.56 Å². The smallest absolute Gasteiger partial charge is 0.270 e. The van der Waals surface area contributed by atoms with Gasteiger partial charge < -0.3 is 14.7 Å². The molecule has 1 aliphatic heterocycles. The molecule has 0 unspecified atom stereocenters. The Hall–Kier alpha value is -3.06. The molecule has 2 aromatic carbocycles. The third kappa shape index (κ3) is 5.59. The van der Waals surface area contributed by atoms with Gasteiger partial charge in [0.2, 0.25) is 10.0 Å². The third-order valence-electron chi connectivity index (χ3n) is 4.93. The molecular weight excluding hydrogens is 438 g/mol. The zero-order chi connectivity index (χ0) is 23.1. The number of hydrogen-bond donors (Lipinski definition) is 2. The topological polar surface area (TPSA) is 138 Å². The summed E-state index contributed by atoms with van der Waals surface area (Å²) >= 11 is 0. The second-order valence-electron chi connectivity index (χ2n) is 7.06. The summed E-state index contributed by atoms with van der Waals surface area (Å²) in [6.45, 7) is 1.43. The number of likely N-dealkylation sites (N-methyl/N-ethyl adjacent to an activating group) is 1. The van der Waals surface area contributed by atoms with E-state index in [1.807, 2.05) is 36.2 Å². The first kappa shape index (κ1) is 23.6. The van der Waals surface area contributed by atoms with Gasteiger partial charge in [-0.25, -0.2) is 8.42 Å². The van der Waals surface area contributed by atoms with Gasteiger partial charge in [0.15, 0.2) is 0 Å². The number of aliphatic hydroxyl groups is 1. The van der Waals surface area contributed by atoms with E-state index >= 15 is 0 Å². The normalized spacial score (nSPS) is 15.1. The highest BCUT2D eigenvalue weighted by atomic mass is 32.2. The van der Waals surface area contributed by atoms with Crippen LogP contribution in [0.25, 0.3) is 0 Å². The summed E-state index contributed by atoms with van der Waals surface area (Å²) in [6.07, 6.45) is 1.52. The van der Waals surface area contributed by atoms with Crippen LogP contribution < -0.4 is 10.3 Å².